The molecule has 2 rings (SSSR count). The van der Waals surface area contributed by atoms with Gasteiger partial charge in [0.25, 0.3) is 0 Å². The second-order valence-corrected chi connectivity index (χ2v) is 4.27. The highest BCUT2D eigenvalue weighted by atomic mass is 16.3. The van der Waals surface area contributed by atoms with Gasteiger partial charge in [-0.05, 0) is 11.8 Å². The summed E-state index contributed by atoms with van der Waals surface area (Å²) in [7, 11) is 0. The zero-order chi connectivity index (χ0) is 8.82. The number of aliphatic hydroxyl groups excluding tert-OH is 1. The molecule has 0 saturated heterocycles. The van der Waals surface area contributed by atoms with Gasteiger partial charge in [-0.1, -0.05) is 13.8 Å². The van der Waals surface area contributed by atoms with Gasteiger partial charge in [0.05, 0.1) is 12.9 Å². The van der Waals surface area contributed by atoms with Gasteiger partial charge in [0, 0.05) is 17.3 Å². The Morgan fingerprint density at radius 3 is 2.67 bits per heavy atom. The Labute approximate surface area is 71.8 Å². The highest BCUT2D eigenvalue weighted by Gasteiger charge is 2.62. The highest BCUT2D eigenvalue weighted by Crippen LogP contribution is 2.63. The molecule has 0 radical (unpaired) electrons. The number of aliphatic hydroxyl groups is 1. The van der Waals surface area contributed by atoms with Crippen LogP contribution in [0, 0.1) is 5.41 Å². The first-order valence-corrected chi connectivity index (χ1v) is 4.22. The van der Waals surface area contributed by atoms with Crippen LogP contribution in [0.25, 0.3) is 0 Å². The number of hydrogen-bond acceptors (Lipinski definition) is 2. The first-order chi connectivity index (χ1) is 5.62. The number of aromatic nitrogens is 2. The maximum atomic E-state index is 9.32. The predicted octanol–water partition coefficient (Wildman–Crippen LogP) is 1.07. The smallest absolute Gasteiger partial charge is 0.0921 e. The van der Waals surface area contributed by atoms with Crippen molar-refractivity contribution in [3.63, 3.8) is 0 Å². The van der Waals surface area contributed by atoms with Gasteiger partial charge >= 0.3 is 0 Å². The van der Waals surface area contributed by atoms with E-state index in [0.29, 0.717) is 0 Å². The quantitative estimate of drug-likeness (QED) is 0.690. The SMILES string of the molecule is CC1(C)CC1(CO)c1cnc[nH]1. The lowest BCUT2D eigenvalue weighted by molar-refractivity contribution is 0.229. The van der Waals surface area contributed by atoms with Crippen LogP contribution in [0.5, 0.6) is 0 Å². The third-order valence-electron chi connectivity index (χ3n) is 3.20. The van der Waals surface area contributed by atoms with E-state index in [1.807, 2.05) is 6.20 Å². The Bertz CT molecular complexity index is 279. The summed E-state index contributed by atoms with van der Waals surface area (Å²) in [6.45, 7) is 4.55. The molecule has 0 aliphatic heterocycles. The van der Waals surface area contributed by atoms with Gasteiger partial charge in [0.2, 0.25) is 0 Å². The number of rotatable bonds is 2. The summed E-state index contributed by atoms with van der Waals surface area (Å²) in [6.07, 6.45) is 4.52. The van der Waals surface area contributed by atoms with Gasteiger partial charge < -0.3 is 10.1 Å². The molecule has 1 heterocycles. The van der Waals surface area contributed by atoms with Gasteiger partial charge in [0.1, 0.15) is 0 Å². The van der Waals surface area contributed by atoms with Crippen molar-refractivity contribution < 1.29 is 5.11 Å². The molecule has 0 aromatic carbocycles. The van der Waals surface area contributed by atoms with Crippen molar-refractivity contribution in [3.05, 3.63) is 18.2 Å². The maximum absolute atomic E-state index is 9.32. The molecule has 3 heteroatoms. The van der Waals surface area contributed by atoms with Gasteiger partial charge in [0.15, 0.2) is 0 Å². The zero-order valence-electron chi connectivity index (χ0n) is 7.46. The topological polar surface area (TPSA) is 48.9 Å². The Kier molecular flexibility index (Phi) is 1.37. The third-order valence-corrected chi connectivity index (χ3v) is 3.20. The first-order valence-electron chi connectivity index (χ1n) is 4.22. The minimum absolute atomic E-state index is 0.0521. The average molecular weight is 166 g/mol. The van der Waals surface area contributed by atoms with Crippen LogP contribution in [-0.4, -0.2) is 21.7 Å². The molecule has 1 saturated carbocycles. The average Bonchev–Trinajstić information content (AvgIpc) is 2.52. The molecule has 1 atom stereocenters. The fraction of sp³-hybridized carbons (Fsp3) is 0.667. The van der Waals surface area contributed by atoms with Gasteiger partial charge in [-0.3, -0.25) is 0 Å². The van der Waals surface area contributed by atoms with Crippen molar-refractivity contribution in [2.75, 3.05) is 6.61 Å². The molecule has 1 aliphatic rings. The second-order valence-electron chi connectivity index (χ2n) is 4.27. The lowest BCUT2D eigenvalue weighted by Gasteiger charge is -2.15. The number of aromatic amines is 1. The molecule has 1 aromatic rings. The lowest BCUT2D eigenvalue weighted by atomic mass is 9.94. The Balaban J connectivity index is 2.34. The molecule has 3 nitrogen and oxygen atoms in total. The molecule has 1 aromatic heterocycles. The van der Waals surface area contributed by atoms with Crippen LogP contribution in [0.2, 0.25) is 0 Å². The van der Waals surface area contributed by atoms with E-state index in [1.54, 1.807) is 6.33 Å². The minimum atomic E-state index is -0.0521. The predicted molar refractivity (Wildman–Crippen MR) is 45.7 cm³/mol. The number of hydrogen-bond donors (Lipinski definition) is 2. The fourth-order valence-electron chi connectivity index (χ4n) is 2.04. The first kappa shape index (κ1) is 7.80. The Morgan fingerprint density at radius 2 is 2.33 bits per heavy atom. The van der Waals surface area contributed by atoms with E-state index < -0.39 is 0 Å². The van der Waals surface area contributed by atoms with Gasteiger partial charge in [-0.2, -0.15) is 0 Å². The maximum Gasteiger partial charge on any atom is 0.0921 e. The highest BCUT2D eigenvalue weighted by molar-refractivity contribution is 5.30. The summed E-state index contributed by atoms with van der Waals surface area (Å²) < 4.78 is 0. The summed E-state index contributed by atoms with van der Waals surface area (Å²) in [5.74, 6) is 0. The Hall–Kier alpha value is -0.830. The van der Waals surface area contributed by atoms with Crippen LogP contribution in [-0.2, 0) is 5.41 Å². The van der Waals surface area contributed by atoms with E-state index in [0.717, 1.165) is 12.1 Å². The second kappa shape index (κ2) is 2.10. The number of nitrogens with one attached hydrogen (secondary N) is 1. The summed E-state index contributed by atoms with van der Waals surface area (Å²) in [5, 5.41) is 9.32. The van der Waals surface area contributed by atoms with Crippen LogP contribution < -0.4 is 0 Å². The molecule has 0 amide bonds. The fourth-order valence-corrected chi connectivity index (χ4v) is 2.04. The van der Waals surface area contributed by atoms with E-state index in [1.165, 1.54) is 0 Å². The standard InChI is InChI=1S/C9H14N2O/c1-8(2)4-9(8,5-12)7-3-10-6-11-7/h3,6,12H,4-5H2,1-2H3,(H,10,11). The molecule has 0 bridgehead atoms. The van der Waals surface area contributed by atoms with Gasteiger partial charge in [-0.15, -0.1) is 0 Å². The van der Waals surface area contributed by atoms with Crippen molar-refractivity contribution in [2.45, 2.75) is 25.7 Å². The van der Waals surface area contributed by atoms with Crippen molar-refractivity contribution in [1.82, 2.24) is 9.97 Å². The van der Waals surface area contributed by atoms with Crippen LogP contribution in [0.3, 0.4) is 0 Å². The summed E-state index contributed by atoms with van der Waals surface area (Å²) in [5.41, 5.74) is 1.23. The summed E-state index contributed by atoms with van der Waals surface area (Å²) in [4.78, 5) is 7.05. The normalized spacial score (nSPS) is 31.9. The molecule has 1 unspecified atom stereocenters. The molecular formula is C9H14N2O. The molecule has 1 fully saturated rings. The van der Waals surface area contributed by atoms with E-state index in [2.05, 4.69) is 23.8 Å². The van der Waals surface area contributed by atoms with E-state index >= 15 is 0 Å². The van der Waals surface area contributed by atoms with Crippen molar-refractivity contribution in [1.29, 1.82) is 0 Å². The van der Waals surface area contributed by atoms with Crippen molar-refractivity contribution >= 4 is 0 Å². The van der Waals surface area contributed by atoms with Crippen molar-refractivity contribution in [2.24, 2.45) is 5.41 Å². The van der Waals surface area contributed by atoms with Crippen LogP contribution in [0.4, 0.5) is 0 Å². The lowest BCUT2D eigenvalue weighted by Crippen LogP contribution is -2.19. The molecule has 12 heavy (non-hydrogen) atoms. The van der Waals surface area contributed by atoms with E-state index in [-0.39, 0.29) is 17.4 Å². The van der Waals surface area contributed by atoms with Crippen LogP contribution >= 0.6 is 0 Å². The minimum Gasteiger partial charge on any atom is -0.395 e. The van der Waals surface area contributed by atoms with Gasteiger partial charge in [-0.25, -0.2) is 4.98 Å². The molecule has 0 spiro atoms. The molecule has 66 valence electrons. The van der Waals surface area contributed by atoms with E-state index in [9.17, 15) is 5.11 Å². The van der Waals surface area contributed by atoms with Crippen LogP contribution in [0.1, 0.15) is 26.0 Å². The molecular weight excluding hydrogens is 152 g/mol. The molecule has 2 N–H and O–H groups in total. The monoisotopic (exact) mass is 166 g/mol. The molecule has 1 aliphatic carbocycles. The number of nitrogens with zero attached hydrogens (tertiary/aromatic N) is 1. The zero-order valence-corrected chi connectivity index (χ0v) is 7.46. The third kappa shape index (κ3) is 0.771. The Morgan fingerprint density at radius 1 is 1.67 bits per heavy atom. The number of H-pyrrole nitrogens is 1. The number of imidazole rings is 1. The summed E-state index contributed by atoms with van der Waals surface area (Å²) in [6, 6.07) is 0. The van der Waals surface area contributed by atoms with E-state index in [4.69, 9.17) is 0 Å². The largest absolute Gasteiger partial charge is 0.395 e. The van der Waals surface area contributed by atoms with Crippen molar-refractivity contribution in [3.8, 4) is 0 Å². The van der Waals surface area contributed by atoms with Crippen LogP contribution in [0.15, 0.2) is 12.5 Å². The summed E-state index contributed by atoms with van der Waals surface area (Å²) >= 11 is 0.